The zero-order chi connectivity index (χ0) is 21.6. The van der Waals surface area contributed by atoms with Gasteiger partial charge in [0.25, 0.3) is 0 Å². The van der Waals surface area contributed by atoms with Gasteiger partial charge >= 0.3 is 0 Å². The standard InChI is InChI=1S/C25H18Cl2O3S/c26-18-6-11-22(27)24(15-18)29-16-20-8-7-19(30-20)9-12-23(28)25-13-10-21(31-25)14-17-4-2-1-3-5-17/h1-13,15H,14,16H2/b12-9+. The van der Waals surface area contributed by atoms with Crippen LogP contribution in [0.25, 0.3) is 6.08 Å². The Morgan fingerprint density at radius 3 is 2.68 bits per heavy atom. The number of benzene rings is 2. The van der Waals surface area contributed by atoms with E-state index in [1.807, 2.05) is 30.3 Å². The number of rotatable bonds is 8. The first-order chi connectivity index (χ1) is 15.1. The van der Waals surface area contributed by atoms with Gasteiger partial charge in [-0.25, -0.2) is 0 Å². The first-order valence-electron chi connectivity index (χ1n) is 9.58. The molecule has 0 amide bonds. The maximum atomic E-state index is 12.5. The normalized spacial score (nSPS) is 11.2. The molecule has 2 aromatic carbocycles. The fraction of sp³-hybridized carbons (Fsp3) is 0.0800. The summed E-state index contributed by atoms with van der Waals surface area (Å²) in [4.78, 5) is 14.4. The highest BCUT2D eigenvalue weighted by molar-refractivity contribution is 7.14. The Labute approximate surface area is 194 Å². The Balaban J connectivity index is 1.34. The van der Waals surface area contributed by atoms with Crippen LogP contribution in [-0.4, -0.2) is 5.78 Å². The number of halogens is 2. The zero-order valence-corrected chi connectivity index (χ0v) is 18.7. The predicted octanol–water partition coefficient (Wildman–Crippen LogP) is 7.71. The smallest absolute Gasteiger partial charge is 0.195 e. The molecule has 0 aliphatic carbocycles. The lowest BCUT2D eigenvalue weighted by atomic mass is 10.1. The first-order valence-corrected chi connectivity index (χ1v) is 11.2. The molecule has 0 bridgehead atoms. The molecular weight excluding hydrogens is 451 g/mol. The van der Waals surface area contributed by atoms with Gasteiger partial charge in [-0.05, 0) is 54.1 Å². The van der Waals surface area contributed by atoms with Crippen molar-refractivity contribution >= 4 is 46.4 Å². The molecule has 4 rings (SSSR count). The monoisotopic (exact) mass is 468 g/mol. The second-order valence-corrected chi connectivity index (χ2v) is 8.81. The number of ketones is 1. The third kappa shape index (κ3) is 5.88. The topological polar surface area (TPSA) is 39.4 Å². The van der Waals surface area contributed by atoms with Crippen LogP contribution in [0.5, 0.6) is 5.75 Å². The second-order valence-electron chi connectivity index (χ2n) is 6.79. The van der Waals surface area contributed by atoms with Crippen LogP contribution in [0.2, 0.25) is 10.0 Å². The third-order valence-corrected chi connectivity index (χ3v) is 6.12. The van der Waals surface area contributed by atoms with E-state index in [2.05, 4.69) is 12.1 Å². The Bertz CT molecular complexity index is 1210. The van der Waals surface area contributed by atoms with E-state index >= 15 is 0 Å². The van der Waals surface area contributed by atoms with E-state index in [0.717, 1.165) is 11.3 Å². The first kappa shape index (κ1) is 21.4. The van der Waals surface area contributed by atoms with Crippen LogP contribution < -0.4 is 4.74 Å². The summed E-state index contributed by atoms with van der Waals surface area (Å²) in [5.41, 5.74) is 1.23. The Hall–Kier alpha value is -2.79. The lowest BCUT2D eigenvalue weighted by molar-refractivity contribution is 0.105. The summed E-state index contributed by atoms with van der Waals surface area (Å²) in [6.07, 6.45) is 4.00. The Morgan fingerprint density at radius 1 is 1.00 bits per heavy atom. The molecular formula is C25H18Cl2O3S. The summed E-state index contributed by atoms with van der Waals surface area (Å²) >= 11 is 13.6. The molecule has 0 aliphatic heterocycles. The molecule has 0 N–H and O–H groups in total. The molecule has 0 aliphatic rings. The Morgan fingerprint density at radius 2 is 1.84 bits per heavy atom. The van der Waals surface area contributed by atoms with E-state index in [4.69, 9.17) is 32.4 Å². The lowest BCUT2D eigenvalue weighted by Crippen LogP contribution is -1.94. The van der Waals surface area contributed by atoms with Gasteiger partial charge in [-0.1, -0.05) is 53.5 Å². The van der Waals surface area contributed by atoms with E-state index in [-0.39, 0.29) is 12.4 Å². The van der Waals surface area contributed by atoms with Crippen molar-refractivity contribution in [3.63, 3.8) is 0 Å². The van der Waals surface area contributed by atoms with Gasteiger partial charge in [0.1, 0.15) is 23.9 Å². The number of allylic oxidation sites excluding steroid dienone is 1. The van der Waals surface area contributed by atoms with Crippen molar-refractivity contribution in [3.8, 4) is 5.75 Å². The molecule has 156 valence electrons. The number of carbonyl (C=O) groups is 1. The average molecular weight is 469 g/mol. The molecule has 0 radical (unpaired) electrons. The van der Waals surface area contributed by atoms with Crippen LogP contribution in [0.3, 0.4) is 0 Å². The molecule has 0 atom stereocenters. The van der Waals surface area contributed by atoms with Gasteiger partial charge in [-0.15, -0.1) is 11.3 Å². The molecule has 0 spiro atoms. The van der Waals surface area contributed by atoms with E-state index in [1.54, 1.807) is 36.4 Å². The fourth-order valence-corrected chi connectivity index (χ4v) is 4.24. The number of hydrogen-bond donors (Lipinski definition) is 0. The summed E-state index contributed by atoms with van der Waals surface area (Å²) in [5.74, 6) is 1.63. The van der Waals surface area contributed by atoms with Gasteiger partial charge in [0.15, 0.2) is 5.78 Å². The highest BCUT2D eigenvalue weighted by Crippen LogP contribution is 2.28. The SMILES string of the molecule is O=C(/C=C/c1ccc(COc2cc(Cl)ccc2Cl)o1)c1ccc(Cc2ccccc2)s1. The van der Waals surface area contributed by atoms with Crippen LogP contribution in [0.4, 0.5) is 0 Å². The maximum absolute atomic E-state index is 12.5. The molecule has 2 heterocycles. The van der Waals surface area contributed by atoms with E-state index in [1.165, 1.54) is 23.0 Å². The van der Waals surface area contributed by atoms with Crippen molar-refractivity contribution < 1.29 is 13.9 Å². The van der Waals surface area contributed by atoms with Crippen LogP contribution in [-0.2, 0) is 13.0 Å². The van der Waals surface area contributed by atoms with Crippen molar-refractivity contribution in [2.24, 2.45) is 0 Å². The minimum absolute atomic E-state index is 0.0516. The van der Waals surface area contributed by atoms with Crippen molar-refractivity contribution in [2.75, 3.05) is 0 Å². The summed E-state index contributed by atoms with van der Waals surface area (Å²) in [5, 5.41) is 1.02. The van der Waals surface area contributed by atoms with E-state index < -0.39 is 0 Å². The summed E-state index contributed by atoms with van der Waals surface area (Å²) < 4.78 is 11.4. The molecule has 4 aromatic rings. The summed E-state index contributed by atoms with van der Waals surface area (Å²) in [7, 11) is 0. The van der Waals surface area contributed by atoms with E-state index in [9.17, 15) is 4.79 Å². The van der Waals surface area contributed by atoms with Crippen LogP contribution >= 0.6 is 34.5 Å². The minimum atomic E-state index is -0.0516. The summed E-state index contributed by atoms with van der Waals surface area (Å²) in [6.45, 7) is 0.204. The van der Waals surface area contributed by atoms with Gasteiger partial charge in [-0.2, -0.15) is 0 Å². The van der Waals surface area contributed by atoms with Gasteiger partial charge < -0.3 is 9.15 Å². The lowest BCUT2D eigenvalue weighted by Gasteiger charge is -2.06. The minimum Gasteiger partial charge on any atom is -0.484 e. The van der Waals surface area contributed by atoms with Crippen molar-refractivity contribution in [1.82, 2.24) is 0 Å². The van der Waals surface area contributed by atoms with Crippen molar-refractivity contribution in [3.05, 3.63) is 116 Å². The third-order valence-electron chi connectivity index (χ3n) is 4.47. The Kier molecular flexibility index (Phi) is 6.92. The molecule has 0 saturated heterocycles. The molecule has 6 heteroatoms. The van der Waals surface area contributed by atoms with E-state index in [0.29, 0.717) is 32.2 Å². The molecule has 0 unspecified atom stereocenters. The molecule has 3 nitrogen and oxygen atoms in total. The maximum Gasteiger partial charge on any atom is 0.195 e. The second kappa shape index (κ2) is 10.0. The van der Waals surface area contributed by atoms with Crippen molar-refractivity contribution in [2.45, 2.75) is 13.0 Å². The van der Waals surface area contributed by atoms with Gasteiger partial charge in [0.05, 0.1) is 9.90 Å². The van der Waals surface area contributed by atoms with Crippen molar-refractivity contribution in [1.29, 1.82) is 0 Å². The highest BCUT2D eigenvalue weighted by atomic mass is 35.5. The number of carbonyl (C=O) groups excluding carboxylic acids is 1. The summed E-state index contributed by atoms with van der Waals surface area (Å²) in [6, 6.07) is 22.7. The fourth-order valence-electron chi connectivity index (χ4n) is 2.94. The number of hydrogen-bond acceptors (Lipinski definition) is 4. The van der Waals surface area contributed by atoms with Crippen LogP contribution in [0, 0.1) is 0 Å². The van der Waals surface area contributed by atoms with Crippen LogP contribution in [0.15, 0.2) is 83.3 Å². The van der Waals surface area contributed by atoms with Gasteiger partial charge in [0, 0.05) is 22.4 Å². The number of thiophene rings is 1. The van der Waals surface area contributed by atoms with Crippen LogP contribution in [0.1, 0.15) is 31.6 Å². The van der Waals surface area contributed by atoms with Gasteiger partial charge in [-0.3, -0.25) is 4.79 Å². The zero-order valence-electron chi connectivity index (χ0n) is 16.4. The largest absolute Gasteiger partial charge is 0.484 e. The highest BCUT2D eigenvalue weighted by Gasteiger charge is 2.09. The number of ether oxygens (including phenoxy) is 1. The molecule has 0 fully saturated rings. The predicted molar refractivity (Wildman–Crippen MR) is 126 cm³/mol. The quantitative estimate of drug-likeness (QED) is 0.196. The molecule has 0 saturated carbocycles. The number of furan rings is 1. The molecule has 2 aromatic heterocycles. The average Bonchev–Trinajstić information content (AvgIpc) is 3.43. The molecule has 31 heavy (non-hydrogen) atoms. The van der Waals surface area contributed by atoms with Gasteiger partial charge in [0.2, 0.25) is 0 Å².